The van der Waals surface area contributed by atoms with E-state index in [0.29, 0.717) is 5.92 Å². The number of rotatable bonds is 1. The van der Waals surface area contributed by atoms with E-state index in [1.54, 1.807) is 6.26 Å². The maximum atomic E-state index is 5.63. The van der Waals surface area contributed by atoms with Crippen LogP contribution in [0.2, 0.25) is 0 Å². The Hall–Kier alpha value is -1.96. The Labute approximate surface area is 106 Å². The standard InChI is InChI=1S/C16H15NO/c1-2-7-13-11(5-1)16-12(15-9-4-10-18-15)6-3-8-14(16)17-13/h1-2,4-5,7,9-10,12,17H,3,6,8H2/t12-/m0/s1. The van der Waals surface area contributed by atoms with Gasteiger partial charge in [-0.25, -0.2) is 0 Å². The van der Waals surface area contributed by atoms with Crippen molar-refractivity contribution in [2.45, 2.75) is 25.2 Å². The van der Waals surface area contributed by atoms with Gasteiger partial charge < -0.3 is 9.40 Å². The highest BCUT2D eigenvalue weighted by Gasteiger charge is 2.27. The maximum Gasteiger partial charge on any atom is 0.111 e. The summed E-state index contributed by atoms with van der Waals surface area (Å²) in [6.45, 7) is 0. The number of furan rings is 1. The van der Waals surface area contributed by atoms with Gasteiger partial charge >= 0.3 is 0 Å². The van der Waals surface area contributed by atoms with Crippen molar-refractivity contribution in [2.24, 2.45) is 0 Å². The third kappa shape index (κ3) is 1.35. The molecular formula is C16H15NO. The first kappa shape index (κ1) is 10.0. The molecule has 0 amide bonds. The van der Waals surface area contributed by atoms with Crippen LogP contribution < -0.4 is 0 Å². The Balaban J connectivity index is 1.97. The number of hydrogen-bond acceptors (Lipinski definition) is 1. The number of para-hydroxylation sites is 1. The van der Waals surface area contributed by atoms with Crippen LogP contribution in [0.3, 0.4) is 0 Å². The number of benzene rings is 1. The van der Waals surface area contributed by atoms with Gasteiger partial charge in [0.25, 0.3) is 0 Å². The Morgan fingerprint density at radius 3 is 2.94 bits per heavy atom. The van der Waals surface area contributed by atoms with E-state index in [4.69, 9.17) is 4.42 Å². The van der Waals surface area contributed by atoms with Crippen LogP contribution in [0.1, 0.15) is 35.8 Å². The number of aryl methyl sites for hydroxylation is 1. The van der Waals surface area contributed by atoms with Crippen LogP contribution >= 0.6 is 0 Å². The fourth-order valence-corrected chi connectivity index (χ4v) is 3.22. The van der Waals surface area contributed by atoms with E-state index in [2.05, 4.69) is 35.3 Å². The van der Waals surface area contributed by atoms with Gasteiger partial charge in [0.2, 0.25) is 0 Å². The summed E-state index contributed by atoms with van der Waals surface area (Å²) >= 11 is 0. The van der Waals surface area contributed by atoms with Crippen molar-refractivity contribution in [2.75, 3.05) is 0 Å². The lowest BCUT2D eigenvalue weighted by Crippen LogP contribution is -2.09. The number of aromatic nitrogens is 1. The molecule has 0 spiro atoms. The second-order valence-electron chi connectivity index (χ2n) is 5.02. The van der Waals surface area contributed by atoms with E-state index < -0.39 is 0 Å². The largest absolute Gasteiger partial charge is 0.469 e. The second-order valence-corrected chi connectivity index (χ2v) is 5.02. The number of nitrogens with one attached hydrogen (secondary N) is 1. The smallest absolute Gasteiger partial charge is 0.111 e. The van der Waals surface area contributed by atoms with Gasteiger partial charge in [0, 0.05) is 22.5 Å². The molecule has 0 bridgehead atoms. The number of fused-ring (bicyclic) bond motifs is 3. The van der Waals surface area contributed by atoms with Crippen LogP contribution in [0.15, 0.2) is 47.1 Å². The van der Waals surface area contributed by atoms with Gasteiger partial charge in [-0.1, -0.05) is 18.2 Å². The Morgan fingerprint density at radius 2 is 2.06 bits per heavy atom. The van der Waals surface area contributed by atoms with Crippen molar-refractivity contribution in [1.82, 2.24) is 4.98 Å². The van der Waals surface area contributed by atoms with Crippen LogP contribution in [0.5, 0.6) is 0 Å². The summed E-state index contributed by atoms with van der Waals surface area (Å²) in [7, 11) is 0. The summed E-state index contributed by atoms with van der Waals surface area (Å²) in [5, 5.41) is 1.36. The molecule has 1 aliphatic carbocycles. The van der Waals surface area contributed by atoms with Crippen LogP contribution in [-0.2, 0) is 6.42 Å². The summed E-state index contributed by atoms with van der Waals surface area (Å²) in [5.74, 6) is 1.51. The number of hydrogen-bond donors (Lipinski definition) is 1. The van der Waals surface area contributed by atoms with Gasteiger partial charge in [-0.2, -0.15) is 0 Å². The molecule has 18 heavy (non-hydrogen) atoms. The fourth-order valence-electron chi connectivity index (χ4n) is 3.22. The molecule has 0 radical (unpaired) electrons. The highest BCUT2D eigenvalue weighted by Crippen LogP contribution is 2.40. The molecule has 4 rings (SSSR count). The molecule has 1 N–H and O–H groups in total. The molecule has 1 atom stereocenters. The minimum atomic E-state index is 0.417. The van der Waals surface area contributed by atoms with Crippen molar-refractivity contribution in [3.63, 3.8) is 0 Å². The van der Waals surface area contributed by atoms with E-state index in [1.807, 2.05) is 6.07 Å². The monoisotopic (exact) mass is 237 g/mol. The molecule has 1 aliphatic rings. The Bertz CT molecular complexity index is 678. The first-order chi connectivity index (χ1) is 8.93. The Kier molecular flexibility index (Phi) is 2.10. The van der Waals surface area contributed by atoms with Crippen molar-refractivity contribution >= 4 is 10.9 Å². The molecule has 2 heteroatoms. The molecular weight excluding hydrogens is 222 g/mol. The second kappa shape index (κ2) is 3.77. The molecule has 0 fully saturated rings. The Morgan fingerprint density at radius 1 is 1.11 bits per heavy atom. The van der Waals surface area contributed by atoms with Gasteiger partial charge in [0.15, 0.2) is 0 Å². The zero-order valence-electron chi connectivity index (χ0n) is 10.1. The van der Waals surface area contributed by atoms with Crippen LogP contribution in [-0.4, -0.2) is 4.98 Å². The van der Waals surface area contributed by atoms with Gasteiger partial charge in [0.05, 0.1) is 6.26 Å². The summed E-state index contributed by atoms with van der Waals surface area (Å²) in [4.78, 5) is 3.57. The van der Waals surface area contributed by atoms with E-state index in [0.717, 1.165) is 12.2 Å². The van der Waals surface area contributed by atoms with Crippen molar-refractivity contribution in [3.8, 4) is 0 Å². The van der Waals surface area contributed by atoms with Crippen molar-refractivity contribution in [1.29, 1.82) is 0 Å². The van der Waals surface area contributed by atoms with Crippen molar-refractivity contribution < 1.29 is 4.42 Å². The molecule has 0 aliphatic heterocycles. The van der Waals surface area contributed by atoms with Crippen molar-refractivity contribution in [3.05, 3.63) is 59.7 Å². The molecule has 0 saturated heterocycles. The van der Waals surface area contributed by atoms with Crippen LogP contribution in [0.4, 0.5) is 0 Å². The molecule has 90 valence electrons. The highest BCUT2D eigenvalue weighted by molar-refractivity contribution is 5.85. The first-order valence-electron chi connectivity index (χ1n) is 6.56. The molecule has 2 nitrogen and oxygen atoms in total. The van der Waals surface area contributed by atoms with Crippen LogP contribution in [0, 0.1) is 0 Å². The summed E-state index contributed by atoms with van der Waals surface area (Å²) in [5.41, 5.74) is 4.09. The zero-order valence-corrected chi connectivity index (χ0v) is 10.1. The molecule has 1 aromatic carbocycles. The van der Waals surface area contributed by atoms with E-state index in [9.17, 15) is 0 Å². The average Bonchev–Trinajstić information content (AvgIpc) is 3.05. The van der Waals surface area contributed by atoms with Gasteiger partial charge in [-0.3, -0.25) is 0 Å². The third-order valence-corrected chi connectivity index (χ3v) is 3.98. The quantitative estimate of drug-likeness (QED) is 0.674. The molecule has 2 aromatic heterocycles. The predicted octanol–water partition coefficient (Wildman–Crippen LogP) is 4.23. The molecule has 0 saturated carbocycles. The minimum absolute atomic E-state index is 0.417. The normalized spacial score (nSPS) is 19.0. The van der Waals surface area contributed by atoms with E-state index >= 15 is 0 Å². The summed E-state index contributed by atoms with van der Waals surface area (Å²) in [6, 6.07) is 12.7. The SMILES string of the molecule is c1coc([C@@H]2CCCc3[nH]c4ccccc4c32)c1. The maximum absolute atomic E-state index is 5.63. The summed E-state index contributed by atoms with van der Waals surface area (Å²) < 4.78 is 5.63. The average molecular weight is 237 g/mol. The van der Waals surface area contributed by atoms with Gasteiger partial charge in [0.1, 0.15) is 5.76 Å². The summed E-state index contributed by atoms with van der Waals surface area (Å²) in [6.07, 6.45) is 5.34. The van der Waals surface area contributed by atoms with E-state index in [-0.39, 0.29) is 0 Å². The van der Waals surface area contributed by atoms with Gasteiger partial charge in [-0.15, -0.1) is 0 Å². The van der Waals surface area contributed by atoms with Crippen LogP contribution in [0.25, 0.3) is 10.9 Å². The number of aromatic amines is 1. The first-order valence-corrected chi connectivity index (χ1v) is 6.56. The predicted molar refractivity (Wildman–Crippen MR) is 71.8 cm³/mol. The lowest BCUT2D eigenvalue weighted by atomic mass is 9.83. The lowest BCUT2D eigenvalue weighted by molar-refractivity contribution is 0.458. The topological polar surface area (TPSA) is 28.9 Å². The zero-order chi connectivity index (χ0) is 11.9. The fraction of sp³-hybridized carbons (Fsp3) is 0.250. The molecule has 0 unspecified atom stereocenters. The van der Waals surface area contributed by atoms with Gasteiger partial charge in [-0.05, 0) is 43.0 Å². The lowest BCUT2D eigenvalue weighted by Gasteiger charge is -2.21. The number of H-pyrrole nitrogens is 1. The van der Waals surface area contributed by atoms with E-state index in [1.165, 1.54) is 35.0 Å². The minimum Gasteiger partial charge on any atom is -0.469 e. The molecule has 2 heterocycles. The highest BCUT2D eigenvalue weighted by atomic mass is 16.3. The third-order valence-electron chi connectivity index (χ3n) is 3.98. The molecule has 3 aromatic rings.